The highest BCUT2D eigenvalue weighted by molar-refractivity contribution is 5.80. The number of carbonyl (C=O) groups is 2. The van der Waals surface area contributed by atoms with E-state index in [1.807, 2.05) is 4.90 Å². The molecule has 5 nitrogen and oxygen atoms in total. The number of unbranched alkanes of at least 4 members (excludes halogenated alkanes) is 1. The topological polar surface area (TPSA) is 55.8 Å². The second-order valence-corrected chi connectivity index (χ2v) is 6.33. The third kappa shape index (κ3) is 3.06. The average molecular weight is 293 g/mol. The van der Waals surface area contributed by atoms with Gasteiger partial charge in [0, 0.05) is 12.5 Å². The van der Waals surface area contributed by atoms with Gasteiger partial charge in [-0.25, -0.2) is 4.79 Å². The van der Waals surface area contributed by atoms with Gasteiger partial charge in [-0.1, -0.05) is 25.5 Å². The Morgan fingerprint density at radius 1 is 1.38 bits per heavy atom. The van der Waals surface area contributed by atoms with Crippen molar-refractivity contribution in [2.45, 2.75) is 38.7 Å². The van der Waals surface area contributed by atoms with Gasteiger partial charge in [0.15, 0.2) is 6.10 Å². The highest BCUT2D eigenvalue weighted by Gasteiger charge is 2.42. The summed E-state index contributed by atoms with van der Waals surface area (Å²) < 4.78 is 9.89. The normalized spacial score (nSPS) is 33.1. The monoisotopic (exact) mass is 293 g/mol. The molecule has 1 saturated carbocycles. The Kier molecular flexibility index (Phi) is 4.17. The molecule has 0 radical (unpaired) electrons. The zero-order valence-corrected chi connectivity index (χ0v) is 12.5. The summed E-state index contributed by atoms with van der Waals surface area (Å²) in [5.41, 5.74) is 0. The summed E-state index contributed by atoms with van der Waals surface area (Å²) >= 11 is 0. The Hall–Kier alpha value is -1.52. The van der Waals surface area contributed by atoms with E-state index in [0.717, 1.165) is 32.2 Å². The molecule has 0 aromatic heterocycles. The van der Waals surface area contributed by atoms with Crippen molar-refractivity contribution in [1.82, 2.24) is 4.90 Å². The lowest BCUT2D eigenvalue weighted by atomic mass is 9.92. The molecule has 116 valence electrons. The van der Waals surface area contributed by atoms with Crippen molar-refractivity contribution >= 4 is 12.1 Å². The number of fused-ring (bicyclic) bond motifs is 2. The van der Waals surface area contributed by atoms with E-state index in [2.05, 4.69) is 19.1 Å². The summed E-state index contributed by atoms with van der Waals surface area (Å²) in [7, 11) is 0. The van der Waals surface area contributed by atoms with Crippen LogP contribution in [0.3, 0.4) is 0 Å². The molecular formula is C16H23NO4. The van der Waals surface area contributed by atoms with Crippen molar-refractivity contribution in [3.05, 3.63) is 12.2 Å². The van der Waals surface area contributed by atoms with Gasteiger partial charge in [0.1, 0.15) is 6.61 Å². The predicted molar refractivity (Wildman–Crippen MR) is 76.6 cm³/mol. The summed E-state index contributed by atoms with van der Waals surface area (Å²) in [5.74, 6) is 1.34. The zero-order valence-electron chi connectivity index (χ0n) is 12.5. The minimum atomic E-state index is -0.620. The van der Waals surface area contributed by atoms with Crippen LogP contribution in [-0.2, 0) is 14.3 Å². The van der Waals surface area contributed by atoms with Gasteiger partial charge < -0.3 is 14.4 Å². The first-order valence-corrected chi connectivity index (χ1v) is 7.98. The van der Waals surface area contributed by atoms with Crippen LogP contribution in [0.25, 0.3) is 0 Å². The SMILES string of the molecule is CCCCN(CC1COC(=O)O1)C(=O)C1CC2C=CC1C2. The highest BCUT2D eigenvalue weighted by Crippen LogP contribution is 2.44. The van der Waals surface area contributed by atoms with Gasteiger partial charge in [-0.2, -0.15) is 0 Å². The fourth-order valence-electron chi connectivity index (χ4n) is 3.64. The van der Waals surface area contributed by atoms with Crippen LogP contribution in [0.2, 0.25) is 0 Å². The first-order chi connectivity index (χ1) is 10.2. The number of allylic oxidation sites excluding steroid dienone is 2. The molecule has 4 unspecified atom stereocenters. The Morgan fingerprint density at radius 2 is 2.24 bits per heavy atom. The van der Waals surface area contributed by atoms with Crippen molar-refractivity contribution in [2.75, 3.05) is 19.7 Å². The van der Waals surface area contributed by atoms with E-state index in [1.165, 1.54) is 0 Å². The molecule has 0 spiro atoms. The molecule has 4 atom stereocenters. The minimum absolute atomic E-state index is 0.120. The molecule has 0 N–H and O–H groups in total. The Labute approximate surface area is 125 Å². The van der Waals surface area contributed by atoms with Crippen molar-refractivity contribution in [3.8, 4) is 0 Å². The highest BCUT2D eigenvalue weighted by atomic mass is 16.8. The third-order valence-electron chi connectivity index (χ3n) is 4.76. The second-order valence-electron chi connectivity index (χ2n) is 6.33. The van der Waals surface area contributed by atoms with Gasteiger partial charge in [0.25, 0.3) is 0 Å². The van der Waals surface area contributed by atoms with Crippen LogP contribution in [0.15, 0.2) is 12.2 Å². The molecule has 1 saturated heterocycles. The number of hydrogen-bond donors (Lipinski definition) is 0. The lowest BCUT2D eigenvalue weighted by Crippen LogP contribution is -2.43. The van der Waals surface area contributed by atoms with E-state index in [4.69, 9.17) is 9.47 Å². The minimum Gasteiger partial charge on any atom is -0.430 e. The van der Waals surface area contributed by atoms with Crippen LogP contribution in [0.5, 0.6) is 0 Å². The summed E-state index contributed by atoms with van der Waals surface area (Å²) in [6, 6.07) is 0. The molecule has 1 aliphatic heterocycles. The van der Waals surface area contributed by atoms with Gasteiger partial charge in [-0.3, -0.25) is 4.79 Å². The number of amides is 1. The number of cyclic esters (lactones) is 2. The molecule has 3 rings (SSSR count). The number of rotatable bonds is 6. The Morgan fingerprint density at radius 3 is 2.81 bits per heavy atom. The van der Waals surface area contributed by atoms with Crippen LogP contribution in [0, 0.1) is 17.8 Å². The van der Waals surface area contributed by atoms with Gasteiger partial charge >= 0.3 is 6.16 Å². The maximum Gasteiger partial charge on any atom is 0.508 e. The van der Waals surface area contributed by atoms with E-state index in [1.54, 1.807) is 0 Å². The van der Waals surface area contributed by atoms with Crippen molar-refractivity contribution in [3.63, 3.8) is 0 Å². The third-order valence-corrected chi connectivity index (χ3v) is 4.76. The molecule has 5 heteroatoms. The largest absolute Gasteiger partial charge is 0.508 e. The lowest BCUT2D eigenvalue weighted by molar-refractivity contribution is -0.137. The molecule has 3 aliphatic rings. The predicted octanol–water partition coefficient (Wildman–Crippen LogP) is 2.36. The van der Waals surface area contributed by atoms with Crippen molar-refractivity contribution in [1.29, 1.82) is 0 Å². The van der Waals surface area contributed by atoms with E-state index >= 15 is 0 Å². The fraction of sp³-hybridized carbons (Fsp3) is 0.750. The zero-order chi connectivity index (χ0) is 14.8. The van der Waals surface area contributed by atoms with Crippen LogP contribution in [0.4, 0.5) is 4.79 Å². The Bertz CT molecular complexity index is 448. The van der Waals surface area contributed by atoms with E-state index in [0.29, 0.717) is 18.4 Å². The van der Waals surface area contributed by atoms with Crippen LogP contribution in [0.1, 0.15) is 32.6 Å². The van der Waals surface area contributed by atoms with Gasteiger partial charge in [0.2, 0.25) is 5.91 Å². The molecule has 2 fully saturated rings. The van der Waals surface area contributed by atoms with E-state index < -0.39 is 6.16 Å². The van der Waals surface area contributed by atoms with Crippen LogP contribution in [-0.4, -0.2) is 42.8 Å². The fourth-order valence-corrected chi connectivity index (χ4v) is 3.64. The van der Waals surface area contributed by atoms with Crippen molar-refractivity contribution in [2.24, 2.45) is 17.8 Å². The number of ether oxygens (including phenoxy) is 2. The standard InChI is InChI=1S/C16H23NO4/c1-2-3-6-17(9-13-10-20-16(19)21-13)15(18)14-8-11-4-5-12(14)7-11/h4-5,11-14H,2-3,6-10H2,1H3. The van der Waals surface area contributed by atoms with E-state index in [-0.39, 0.29) is 24.5 Å². The van der Waals surface area contributed by atoms with Crippen LogP contribution >= 0.6 is 0 Å². The number of hydrogen-bond acceptors (Lipinski definition) is 4. The van der Waals surface area contributed by atoms with Gasteiger partial charge in [0.05, 0.1) is 6.54 Å². The summed E-state index contributed by atoms with van der Waals surface area (Å²) in [4.78, 5) is 25.7. The van der Waals surface area contributed by atoms with E-state index in [9.17, 15) is 9.59 Å². The molecule has 2 bridgehead atoms. The molecule has 2 aliphatic carbocycles. The smallest absolute Gasteiger partial charge is 0.430 e. The van der Waals surface area contributed by atoms with Crippen molar-refractivity contribution < 1.29 is 19.1 Å². The molecular weight excluding hydrogens is 270 g/mol. The molecule has 0 aromatic rings. The first kappa shape index (κ1) is 14.4. The average Bonchev–Trinajstić information content (AvgIpc) is 3.19. The maximum absolute atomic E-state index is 12.8. The second kappa shape index (κ2) is 6.08. The first-order valence-electron chi connectivity index (χ1n) is 7.98. The number of carbonyl (C=O) groups excluding carboxylic acids is 2. The molecule has 1 amide bonds. The molecule has 0 aromatic carbocycles. The molecule has 21 heavy (non-hydrogen) atoms. The van der Waals surface area contributed by atoms with Gasteiger partial charge in [-0.05, 0) is 31.1 Å². The Balaban J connectivity index is 1.62. The molecule has 1 heterocycles. The number of nitrogens with zero attached hydrogens (tertiary/aromatic N) is 1. The maximum atomic E-state index is 12.8. The van der Waals surface area contributed by atoms with Gasteiger partial charge in [-0.15, -0.1) is 0 Å². The quantitative estimate of drug-likeness (QED) is 0.557. The summed E-state index contributed by atoms with van der Waals surface area (Å²) in [6.45, 7) is 3.57. The van der Waals surface area contributed by atoms with Crippen LogP contribution < -0.4 is 0 Å². The summed E-state index contributed by atoms with van der Waals surface area (Å²) in [5, 5.41) is 0. The lowest BCUT2D eigenvalue weighted by Gasteiger charge is -2.29. The summed E-state index contributed by atoms with van der Waals surface area (Å²) in [6.07, 6.45) is 7.64.